The zero-order valence-corrected chi connectivity index (χ0v) is 15.7. The van der Waals surface area contributed by atoms with Crippen LogP contribution < -0.4 is 10.1 Å². The number of nitrogens with zero attached hydrogens (tertiary/aromatic N) is 1. The van der Waals surface area contributed by atoms with Gasteiger partial charge in [-0.25, -0.2) is 4.98 Å². The highest BCUT2D eigenvalue weighted by molar-refractivity contribution is 5.92. The van der Waals surface area contributed by atoms with E-state index >= 15 is 0 Å². The van der Waals surface area contributed by atoms with Crippen molar-refractivity contribution in [2.24, 2.45) is 0 Å². The number of fused-ring (bicyclic) bond motifs is 1. The molecule has 0 saturated carbocycles. The monoisotopic (exact) mass is 407 g/mol. The van der Waals surface area contributed by atoms with Gasteiger partial charge < -0.3 is 19.8 Å². The highest BCUT2D eigenvalue weighted by Crippen LogP contribution is 2.35. The Morgan fingerprint density at radius 3 is 2.69 bits per heavy atom. The third kappa shape index (κ3) is 5.47. The number of rotatable bonds is 8. The fourth-order valence-corrected chi connectivity index (χ4v) is 2.73. The maximum atomic E-state index is 13.0. The molecule has 9 heteroatoms. The minimum atomic E-state index is -4.53. The first kappa shape index (κ1) is 20.7. The van der Waals surface area contributed by atoms with E-state index in [1.807, 2.05) is 24.3 Å². The number of aryl methyl sites for hydroxylation is 1. The van der Waals surface area contributed by atoms with Crippen LogP contribution in [0.4, 0.5) is 18.9 Å². The predicted molar refractivity (Wildman–Crippen MR) is 102 cm³/mol. The van der Waals surface area contributed by atoms with Crippen molar-refractivity contribution in [3.63, 3.8) is 0 Å². The van der Waals surface area contributed by atoms with Gasteiger partial charge in [0.05, 0.1) is 28.9 Å². The van der Waals surface area contributed by atoms with Crippen LogP contribution in [-0.2, 0) is 22.1 Å². The fourth-order valence-electron chi connectivity index (χ4n) is 2.73. The second kappa shape index (κ2) is 8.95. The van der Waals surface area contributed by atoms with Crippen LogP contribution in [0.5, 0.6) is 5.75 Å². The summed E-state index contributed by atoms with van der Waals surface area (Å²) in [7, 11) is 1.48. The van der Waals surface area contributed by atoms with E-state index in [9.17, 15) is 18.0 Å². The zero-order chi connectivity index (χ0) is 20.9. The molecule has 0 bridgehead atoms. The molecule has 0 aliphatic carbocycles. The summed E-state index contributed by atoms with van der Waals surface area (Å²) < 4.78 is 49.4. The van der Waals surface area contributed by atoms with E-state index in [1.165, 1.54) is 13.2 Å². The lowest BCUT2D eigenvalue weighted by molar-refractivity contribution is -0.137. The number of aromatic nitrogens is 2. The number of carbonyl (C=O) groups excluding carboxylic acids is 1. The molecule has 0 spiro atoms. The molecule has 29 heavy (non-hydrogen) atoms. The molecule has 3 aromatic rings. The van der Waals surface area contributed by atoms with Gasteiger partial charge in [-0.15, -0.1) is 0 Å². The van der Waals surface area contributed by atoms with E-state index in [-0.39, 0.29) is 31.1 Å². The Bertz CT molecular complexity index is 953. The fraction of sp³-hybridized carbons (Fsp3) is 0.300. The van der Waals surface area contributed by atoms with Crippen LogP contribution in [0.2, 0.25) is 0 Å². The number of methoxy groups -OCH3 is 1. The number of hydrogen-bond acceptors (Lipinski definition) is 4. The Morgan fingerprint density at radius 2 is 1.97 bits per heavy atom. The quantitative estimate of drug-likeness (QED) is 0.550. The van der Waals surface area contributed by atoms with Crippen molar-refractivity contribution in [2.75, 3.05) is 25.6 Å². The highest BCUT2D eigenvalue weighted by atomic mass is 19.4. The van der Waals surface area contributed by atoms with E-state index < -0.39 is 17.6 Å². The van der Waals surface area contributed by atoms with Gasteiger partial charge in [0.2, 0.25) is 5.91 Å². The van der Waals surface area contributed by atoms with E-state index in [2.05, 4.69) is 15.3 Å². The normalized spacial score (nSPS) is 11.6. The Labute approximate surface area is 165 Å². The van der Waals surface area contributed by atoms with Gasteiger partial charge in [-0.3, -0.25) is 4.79 Å². The summed E-state index contributed by atoms with van der Waals surface area (Å²) in [5.74, 6) is 0.329. The van der Waals surface area contributed by atoms with E-state index in [4.69, 9.17) is 9.47 Å². The number of H-pyrrole nitrogens is 1. The average Bonchev–Trinajstić information content (AvgIpc) is 3.10. The summed E-state index contributed by atoms with van der Waals surface area (Å²) in [6, 6.07) is 10.4. The summed E-state index contributed by atoms with van der Waals surface area (Å²) in [6.07, 6.45) is -4.16. The van der Waals surface area contributed by atoms with Crippen molar-refractivity contribution in [2.45, 2.75) is 19.0 Å². The molecule has 3 rings (SSSR count). The van der Waals surface area contributed by atoms with Gasteiger partial charge in [0.1, 0.15) is 18.2 Å². The lowest BCUT2D eigenvalue weighted by Crippen LogP contribution is -2.16. The smallest absolute Gasteiger partial charge is 0.416 e. The van der Waals surface area contributed by atoms with Crippen LogP contribution in [0.1, 0.15) is 17.8 Å². The Morgan fingerprint density at radius 1 is 1.17 bits per heavy atom. The number of nitrogens with one attached hydrogen (secondary N) is 2. The van der Waals surface area contributed by atoms with E-state index in [0.717, 1.165) is 23.2 Å². The Hall–Kier alpha value is -3.07. The molecule has 0 radical (unpaired) electrons. The van der Waals surface area contributed by atoms with Crippen LogP contribution in [0.3, 0.4) is 0 Å². The molecule has 0 fully saturated rings. The number of halogens is 3. The molecule has 0 unspecified atom stereocenters. The summed E-state index contributed by atoms with van der Waals surface area (Å²) >= 11 is 0. The second-order valence-corrected chi connectivity index (χ2v) is 6.30. The number of anilines is 1. The minimum absolute atomic E-state index is 0.0365. The predicted octanol–water partition coefficient (Wildman–Crippen LogP) is 4.18. The molecule has 2 aromatic carbocycles. The van der Waals surface area contributed by atoms with Crippen molar-refractivity contribution in [1.29, 1.82) is 0 Å². The first-order valence-corrected chi connectivity index (χ1v) is 8.93. The standard InChI is InChI=1S/C20H20F3N3O3/c1-28-10-11-29-17-7-6-13(20(21,22)23)12-16(17)26-19(27)9-8-18-24-14-4-2-3-5-15(14)25-18/h2-7,12H,8-11H2,1H3,(H,24,25)(H,26,27). The molecule has 1 amide bonds. The van der Waals surface area contributed by atoms with E-state index in [0.29, 0.717) is 12.2 Å². The second-order valence-electron chi connectivity index (χ2n) is 6.30. The van der Waals surface area contributed by atoms with Crippen LogP contribution in [-0.4, -0.2) is 36.2 Å². The number of para-hydroxylation sites is 2. The molecule has 1 aromatic heterocycles. The van der Waals surface area contributed by atoms with Crippen LogP contribution in [0.25, 0.3) is 11.0 Å². The molecule has 0 aliphatic heterocycles. The van der Waals surface area contributed by atoms with Gasteiger partial charge in [0.15, 0.2) is 0 Å². The van der Waals surface area contributed by atoms with Gasteiger partial charge in [-0.1, -0.05) is 12.1 Å². The zero-order valence-electron chi connectivity index (χ0n) is 15.7. The van der Waals surface area contributed by atoms with Gasteiger partial charge >= 0.3 is 6.18 Å². The molecule has 6 nitrogen and oxygen atoms in total. The molecule has 0 aliphatic rings. The number of imidazole rings is 1. The number of carbonyl (C=O) groups is 1. The summed E-state index contributed by atoms with van der Waals surface area (Å²) in [5, 5.41) is 2.51. The number of amides is 1. The van der Waals surface area contributed by atoms with Gasteiger partial charge in [-0.2, -0.15) is 13.2 Å². The molecule has 0 saturated heterocycles. The number of hydrogen-bond donors (Lipinski definition) is 2. The van der Waals surface area contributed by atoms with E-state index in [1.54, 1.807) is 0 Å². The molecular formula is C20H20F3N3O3. The number of aromatic amines is 1. The molecule has 2 N–H and O–H groups in total. The lowest BCUT2D eigenvalue weighted by atomic mass is 10.1. The highest BCUT2D eigenvalue weighted by Gasteiger charge is 2.31. The Kier molecular flexibility index (Phi) is 6.38. The topological polar surface area (TPSA) is 76.2 Å². The van der Waals surface area contributed by atoms with Crippen LogP contribution in [0.15, 0.2) is 42.5 Å². The number of benzene rings is 2. The van der Waals surface area contributed by atoms with Crippen molar-refractivity contribution in [3.8, 4) is 5.75 Å². The summed E-state index contributed by atoms with van der Waals surface area (Å²) in [6.45, 7) is 0.407. The van der Waals surface area contributed by atoms with Crippen LogP contribution >= 0.6 is 0 Å². The number of ether oxygens (including phenoxy) is 2. The molecule has 154 valence electrons. The van der Waals surface area contributed by atoms with Gasteiger partial charge in [0.25, 0.3) is 0 Å². The third-order valence-corrected chi connectivity index (χ3v) is 4.15. The number of alkyl halides is 3. The molecule has 1 heterocycles. The summed E-state index contributed by atoms with van der Waals surface area (Å²) in [5.41, 5.74) is 0.735. The van der Waals surface area contributed by atoms with Crippen molar-refractivity contribution >= 4 is 22.6 Å². The van der Waals surface area contributed by atoms with Crippen molar-refractivity contribution < 1.29 is 27.4 Å². The minimum Gasteiger partial charge on any atom is -0.489 e. The average molecular weight is 407 g/mol. The Balaban J connectivity index is 1.69. The SMILES string of the molecule is COCCOc1ccc(C(F)(F)F)cc1NC(=O)CCc1nc2ccccc2[nH]1. The van der Waals surface area contributed by atoms with Gasteiger partial charge in [0, 0.05) is 20.0 Å². The first-order chi connectivity index (χ1) is 13.9. The lowest BCUT2D eigenvalue weighted by Gasteiger charge is -2.15. The largest absolute Gasteiger partial charge is 0.489 e. The summed E-state index contributed by atoms with van der Waals surface area (Å²) in [4.78, 5) is 19.8. The maximum Gasteiger partial charge on any atom is 0.416 e. The van der Waals surface area contributed by atoms with Crippen LogP contribution in [0, 0.1) is 0 Å². The molecule has 0 atom stereocenters. The maximum absolute atomic E-state index is 13.0. The first-order valence-electron chi connectivity index (χ1n) is 8.93. The van der Waals surface area contributed by atoms with Crippen molar-refractivity contribution in [1.82, 2.24) is 9.97 Å². The van der Waals surface area contributed by atoms with Gasteiger partial charge in [-0.05, 0) is 30.3 Å². The third-order valence-electron chi connectivity index (χ3n) is 4.15. The molecular weight excluding hydrogens is 387 g/mol. The van der Waals surface area contributed by atoms with Crippen molar-refractivity contribution in [3.05, 3.63) is 53.9 Å².